The van der Waals surface area contributed by atoms with Gasteiger partial charge in [-0.15, -0.1) is 21.5 Å². The number of nitrogens with zero attached hydrogens (tertiary/aromatic N) is 4. The van der Waals surface area contributed by atoms with E-state index in [2.05, 4.69) is 27.5 Å². The predicted molar refractivity (Wildman–Crippen MR) is 101 cm³/mol. The van der Waals surface area contributed by atoms with Gasteiger partial charge in [0.05, 0.1) is 15.7 Å². The minimum Gasteiger partial charge on any atom is -0.335 e. The molecule has 126 valence electrons. The van der Waals surface area contributed by atoms with Crippen LogP contribution < -0.4 is 5.84 Å². The number of hydrogen-bond acceptors (Lipinski definition) is 6. The molecule has 0 aliphatic heterocycles. The van der Waals surface area contributed by atoms with E-state index in [0.717, 1.165) is 23.5 Å². The van der Waals surface area contributed by atoms with Gasteiger partial charge in [0.25, 0.3) is 0 Å². The molecular formula is C15H15Cl2N5S2. The van der Waals surface area contributed by atoms with E-state index in [4.69, 9.17) is 29.0 Å². The van der Waals surface area contributed by atoms with Gasteiger partial charge >= 0.3 is 0 Å². The largest absolute Gasteiger partial charge is 0.335 e. The summed E-state index contributed by atoms with van der Waals surface area (Å²) in [7, 11) is 0. The molecule has 0 bridgehead atoms. The third kappa shape index (κ3) is 3.85. The lowest BCUT2D eigenvalue weighted by Crippen LogP contribution is -2.11. The van der Waals surface area contributed by atoms with E-state index >= 15 is 0 Å². The predicted octanol–water partition coefficient (Wildman–Crippen LogP) is 4.67. The zero-order chi connectivity index (χ0) is 17.1. The Morgan fingerprint density at radius 2 is 2.12 bits per heavy atom. The van der Waals surface area contributed by atoms with Crippen LogP contribution in [0.2, 0.25) is 10.0 Å². The molecule has 2 N–H and O–H groups in total. The fraction of sp³-hybridized carbons (Fsp3) is 0.267. The highest BCUT2D eigenvalue weighted by atomic mass is 35.5. The van der Waals surface area contributed by atoms with Gasteiger partial charge in [-0.2, -0.15) is 0 Å². The average Bonchev–Trinajstić information content (AvgIpc) is 3.13. The maximum Gasteiger partial charge on any atom is 0.210 e. The van der Waals surface area contributed by atoms with Crippen molar-refractivity contribution in [2.75, 3.05) is 5.84 Å². The maximum atomic E-state index is 6.21. The Kier molecular flexibility index (Phi) is 5.65. The van der Waals surface area contributed by atoms with Gasteiger partial charge in [0.1, 0.15) is 0 Å². The minimum atomic E-state index is 0.488. The minimum absolute atomic E-state index is 0.488. The molecule has 0 unspecified atom stereocenters. The molecule has 9 heteroatoms. The van der Waals surface area contributed by atoms with Crippen molar-refractivity contribution < 1.29 is 0 Å². The van der Waals surface area contributed by atoms with Crippen LogP contribution in [0.5, 0.6) is 0 Å². The van der Waals surface area contributed by atoms with E-state index in [1.54, 1.807) is 29.5 Å². The average molecular weight is 400 g/mol. The number of halogens is 2. The zero-order valence-electron chi connectivity index (χ0n) is 12.9. The van der Waals surface area contributed by atoms with Gasteiger partial charge in [0.2, 0.25) is 5.16 Å². The molecule has 0 aliphatic carbocycles. The Hall–Kier alpha value is -1.28. The molecule has 0 saturated carbocycles. The second-order valence-corrected chi connectivity index (χ2v) is 7.80. The van der Waals surface area contributed by atoms with Crippen LogP contribution in [-0.2, 0) is 12.2 Å². The molecule has 3 rings (SSSR count). The summed E-state index contributed by atoms with van der Waals surface area (Å²) in [4.78, 5) is 4.60. The van der Waals surface area contributed by atoms with Crippen LogP contribution >= 0.6 is 46.3 Å². The second kappa shape index (κ2) is 7.74. The van der Waals surface area contributed by atoms with Crippen LogP contribution in [0.15, 0.2) is 28.7 Å². The van der Waals surface area contributed by atoms with Crippen molar-refractivity contribution in [3.05, 3.63) is 44.3 Å². The van der Waals surface area contributed by atoms with Crippen LogP contribution in [0.1, 0.15) is 24.0 Å². The summed E-state index contributed by atoms with van der Waals surface area (Å²) < 4.78 is 1.44. The van der Waals surface area contributed by atoms with Crippen molar-refractivity contribution in [3.8, 4) is 11.4 Å². The van der Waals surface area contributed by atoms with E-state index in [0.29, 0.717) is 32.3 Å². The molecule has 2 aromatic heterocycles. The smallest absolute Gasteiger partial charge is 0.210 e. The SMILES string of the molecule is CCCc1nc(CSc2nnc(-c3ccc(Cl)cc3Cl)n2N)cs1. The molecule has 24 heavy (non-hydrogen) atoms. The van der Waals surface area contributed by atoms with Gasteiger partial charge < -0.3 is 5.84 Å². The van der Waals surface area contributed by atoms with Crippen LogP contribution in [0.25, 0.3) is 11.4 Å². The Labute approximate surface area is 158 Å². The summed E-state index contributed by atoms with van der Waals surface area (Å²) in [5, 5.41) is 13.2. The van der Waals surface area contributed by atoms with Crippen LogP contribution in [0, 0.1) is 0 Å². The van der Waals surface area contributed by atoms with Gasteiger partial charge in [-0.3, -0.25) is 0 Å². The molecule has 0 radical (unpaired) electrons. The Balaban J connectivity index is 1.74. The van der Waals surface area contributed by atoms with Crippen molar-refractivity contribution in [1.82, 2.24) is 19.9 Å². The molecule has 0 amide bonds. The Bertz CT molecular complexity index is 846. The third-order valence-electron chi connectivity index (χ3n) is 3.25. The highest BCUT2D eigenvalue weighted by Crippen LogP contribution is 2.31. The molecule has 0 spiro atoms. The lowest BCUT2D eigenvalue weighted by Gasteiger charge is -2.05. The van der Waals surface area contributed by atoms with Crippen molar-refractivity contribution in [1.29, 1.82) is 0 Å². The highest BCUT2D eigenvalue weighted by Gasteiger charge is 2.15. The first-order valence-electron chi connectivity index (χ1n) is 7.30. The third-order valence-corrected chi connectivity index (χ3v) is 5.73. The van der Waals surface area contributed by atoms with Gasteiger partial charge in [0, 0.05) is 21.7 Å². The van der Waals surface area contributed by atoms with Crippen LogP contribution in [0.4, 0.5) is 0 Å². The van der Waals surface area contributed by atoms with E-state index in [1.165, 1.54) is 16.4 Å². The van der Waals surface area contributed by atoms with Gasteiger partial charge in [0.15, 0.2) is 5.82 Å². The number of nitrogens with two attached hydrogens (primary N) is 1. The van der Waals surface area contributed by atoms with Crippen LogP contribution in [-0.4, -0.2) is 19.9 Å². The van der Waals surface area contributed by atoms with E-state index in [9.17, 15) is 0 Å². The first-order valence-corrected chi connectivity index (χ1v) is 9.92. The number of aromatic nitrogens is 4. The monoisotopic (exact) mass is 399 g/mol. The zero-order valence-corrected chi connectivity index (χ0v) is 16.0. The molecule has 0 atom stereocenters. The van der Waals surface area contributed by atoms with Crippen LogP contribution in [0.3, 0.4) is 0 Å². The number of thiazole rings is 1. The van der Waals surface area contributed by atoms with Crippen molar-refractivity contribution in [2.45, 2.75) is 30.7 Å². The Morgan fingerprint density at radius 3 is 2.88 bits per heavy atom. The molecule has 0 fully saturated rings. The summed E-state index contributed by atoms with van der Waals surface area (Å²) in [6, 6.07) is 5.18. The first-order chi connectivity index (χ1) is 11.6. The fourth-order valence-electron chi connectivity index (χ4n) is 2.11. The lowest BCUT2D eigenvalue weighted by atomic mass is 10.2. The van der Waals surface area contributed by atoms with E-state index < -0.39 is 0 Å². The summed E-state index contributed by atoms with van der Waals surface area (Å²) in [6.07, 6.45) is 2.12. The maximum absolute atomic E-state index is 6.21. The standard InChI is InChI=1S/C15H15Cl2N5S2/c1-2-3-13-19-10(7-23-13)8-24-15-21-20-14(22(15)18)11-5-4-9(16)6-12(11)17/h4-7H,2-3,8,18H2,1H3. The normalized spacial score (nSPS) is 11.1. The second-order valence-electron chi connectivity index (χ2n) is 5.07. The Morgan fingerprint density at radius 1 is 1.29 bits per heavy atom. The first kappa shape index (κ1) is 17.5. The summed E-state index contributed by atoms with van der Waals surface area (Å²) >= 11 is 15.3. The van der Waals surface area contributed by atoms with Gasteiger partial charge in [-0.25, -0.2) is 9.66 Å². The molecule has 1 aromatic carbocycles. The fourth-order valence-corrected chi connectivity index (χ4v) is 4.36. The number of rotatable bonds is 6. The lowest BCUT2D eigenvalue weighted by molar-refractivity contribution is 0.848. The molecular weight excluding hydrogens is 385 g/mol. The number of thioether (sulfide) groups is 1. The number of aryl methyl sites for hydroxylation is 1. The topological polar surface area (TPSA) is 69.6 Å². The molecule has 0 aliphatic rings. The van der Waals surface area contributed by atoms with Crippen molar-refractivity contribution in [2.24, 2.45) is 0 Å². The molecule has 5 nitrogen and oxygen atoms in total. The quantitative estimate of drug-likeness (QED) is 0.481. The van der Waals surface area contributed by atoms with Gasteiger partial charge in [-0.05, 0) is 31.0 Å². The molecule has 3 aromatic rings. The summed E-state index contributed by atoms with van der Waals surface area (Å²) in [6.45, 7) is 2.15. The van der Waals surface area contributed by atoms with Crippen molar-refractivity contribution >= 4 is 46.3 Å². The van der Waals surface area contributed by atoms with E-state index in [1.807, 2.05) is 0 Å². The summed E-state index contributed by atoms with van der Waals surface area (Å²) in [5.41, 5.74) is 1.73. The highest BCUT2D eigenvalue weighted by molar-refractivity contribution is 7.98. The number of nitrogen functional groups attached to an aromatic ring is 1. The molecule has 2 heterocycles. The molecule has 0 saturated heterocycles. The summed E-state index contributed by atoms with van der Waals surface area (Å²) in [5.74, 6) is 7.32. The number of hydrogen-bond donors (Lipinski definition) is 1. The van der Waals surface area contributed by atoms with Crippen molar-refractivity contribution in [3.63, 3.8) is 0 Å². The van der Waals surface area contributed by atoms with E-state index in [-0.39, 0.29) is 0 Å². The van der Waals surface area contributed by atoms with Gasteiger partial charge in [-0.1, -0.05) is 41.9 Å². The number of benzene rings is 1.